The predicted molar refractivity (Wildman–Crippen MR) is 102 cm³/mol. The Labute approximate surface area is 160 Å². The van der Waals surface area contributed by atoms with Crippen molar-refractivity contribution in [3.05, 3.63) is 55.9 Å². The standard InChI is InChI=1S/C18H18N4O4S/c1-4-21(5-2)18(24)15-11(3)13(10-19)17(27-15)20-16(23)12-8-6-7-9-14(12)22(25)26/h6-9H,4-5H2,1-3H3,(H,20,23). The van der Waals surface area contributed by atoms with Crippen molar-refractivity contribution in [2.24, 2.45) is 0 Å². The Bertz CT molecular complexity index is 941. The number of anilines is 1. The number of benzene rings is 1. The highest BCUT2D eigenvalue weighted by atomic mass is 32.1. The molecule has 8 nitrogen and oxygen atoms in total. The molecule has 0 aliphatic rings. The van der Waals surface area contributed by atoms with Gasteiger partial charge in [-0.05, 0) is 32.4 Å². The molecule has 0 atom stereocenters. The van der Waals surface area contributed by atoms with Gasteiger partial charge >= 0.3 is 0 Å². The van der Waals surface area contributed by atoms with Gasteiger partial charge in [-0.3, -0.25) is 19.7 Å². The zero-order chi connectivity index (χ0) is 20.1. The van der Waals surface area contributed by atoms with E-state index in [0.29, 0.717) is 23.5 Å². The van der Waals surface area contributed by atoms with Crippen molar-refractivity contribution < 1.29 is 14.5 Å². The van der Waals surface area contributed by atoms with Gasteiger partial charge in [0, 0.05) is 19.2 Å². The number of amides is 2. The van der Waals surface area contributed by atoms with Gasteiger partial charge in [-0.15, -0.1) is 11.3 Å². The first kappa shape index (κ1) is 20.1. The SMILES string of the molecule is CCN(CC)C(=O)c1sc(NC(=O)c2ccccc2[N+](=O)[O-])c(C#N)c1C. The number of hydrogen-bond donors (Lipinski definition) is 1. The summed E-state index contributed by atoms with van der Waals surface area (Å²) in [7, 11) is 0. The highest BCUT2D eigenvalue weighted by molar-refractivity contribution is 7.18. The molecule has 1 heterocycles. The van der Waals surface area contributed by atoms with Crippen LogP contribution >= 0.6 is 11.3 Å². The summed E-state index contributed by atoms with van der Waals surface area (Å²) in [6, 6.07) is 7.55. The fraction of sp³-hybridized carbons (Fsp3) is 0.278. The number of nitrogens with one attached hydrogen (secondary N) is 1. The number of nitro groups is 1. The normalized spacial score (nSPS) is 10.1. The molecule has 140 valence electrons. The van der Waals surface area contributed by atoms with Crippen molar-refractivity contribution in [2.75, 3.05) is 18.4 Å². The fourth-order valence-electron chi connectivity index (χ4n) is 2.59. The fourth-order valence-corrected chi connectivity index (χ4v) is 3.71. The second-order valence-electron chi connectivity index (χ2n) is 5.58. The van der Waals surface area contributed by atoms with E-state index in [2.05, 4.69) is 5.32 Å². The number of carbonyl (C=O) groups excluding carboxylic acids is 2. The quantitative estimate of drug-likeness (QED) is 0.602. The maximum atomic E-state index is 12.6. The zero-order valence-electron chi connectivity index (χ0n) is 15.1. The van der Waals surface area contributed by atoms with E-state index in [0.717, 1.165) is 11.3 Å². The second-order valence-corrected chi connectivity index (χ2v) is 6.60. The third-order valence-electron chi connectivity index (χ3n) is 4.08. The largest absolute Gasteiger partial charge is 0.338 e. The number of para-hydroxylation sites is 1. The van der Waals surface area contributed by atoms with Crippen LogP contribution in [0.5, 0.6) is 0 Å². The molecule has 0 aliphatic carbocycles. The summed E-state index contributed by atoms with van der Waals surface area (Å²) in [5.41, 5.74) is 0.218. The number of nitrogens with zero attached hydrogens (tertiary/aromatic N) is 3. The van der Waals surface area contributed by atoms with Crippen LogP contribution in [-0.2, 0) is 0 Å². The molecule has 0 saturated heterocycles. The van der Waals surface area contributed by atoms with Gasteiger partial charge in [0.15, 0.2) is 0 Å². The minimum Gasteiger partial charge on any atom is -0.338 e. The van der Waals surface area contributed by atoms with Gasteiger partial charge in [0.2, 0.25) is 0 Å². The van der Waals surface area contributed by atoms with E-state index in [1.54, 1.807) is 11.8 Å². The monoisotopic (exact) mass is 386 g/mol. The predicted octanol–water partition coefficient (Wildman–Crippen LogP) is 3.57. The lowest BCUT2D eigenvalue weighted by Crippen LogP contribution is -2.30. The molecule has 9 heteroatoms. The molecular weight excluding hydrogens is 368 g/mol. The van der Waals surface area contributed by atoms with Gasteiger partial charge in [-0.2, -0.15) is 5.26 Å². The smallest absolute Gasteiger partial charge is 0.282 e. The third-order valence-corrected chi connectivity index (χ3v) is 5.27. The van der Waals surface area contributed by atoms with Gasteiger partial charge in [-0.1, -0.05) is 12.1 Å². The molecule has 0 aliphatic heterocycles. The molecule has 2 aromatic rings. The molecule has 0 unspecified atom stereocenters. The van der Waals surface area contributed by atoms with E-state index in [1.165, 1.54) is 24.3 Å². The van der Waals surface area contributed by atoms with E-state index in [-0.39, 0.29) is 27.7 Å². The van der Waals surface area contributed by atoms with Crippen LogP contribution in [0.1, 0.15) is 45.0 Å². The van der Waals surface area contributed by atoms with Crippen molar-refractivity contribution in [1.82, 2.24) is 4.90 Å². The summed E-state index contributed by atoms with van der Waals surface area (Å²) >= 11 is 1.000. The number of rotatable bonds is 6. The molecule has 0 radical (unpaired) electrons. The Hall–Kier alpha value is -3.25. The van der Waals surface area contributed by atoms with Crippen LogP contribution < -0.4 is 5.32 Å². The number of nitro benzene ring substituents is 1. The Morgan fingerprint density at radius 3 is 2.48 bits per heavy atom. The lowest BCUT2D eigenvalue weighted by Gasteiger charge is -2.17. The van der Waals surface area contributed by atoms with Crippen LogP contribution in [0, 0.1) is 28.4 Å². The van der Waals surface area contributed by atoms with Crippen molar-refractivity contribution in [1.29, 1.82) is 5.26 Å². The zero-order valence-corrected chi connectivity index (χ0v) is 15.9. The molecule has 1 aromatic carbocycles. The van der Waals surface area contributed by atoms with E-state index in [9.17, 15) is 25.0 Å². The van der Waals surface area contributed by atoms with Crippen LogP contribution in [-0.4, -0.2) is 34.7 Å². The highest BCUT2D eigenvalue weighted by Crippen LogP contribution is 2.34. The molecule has 0 fully saturated rings. The van der Waals surface area contributed by atoms with Crippen LogP contribution in [0.4, 0.5) is 10.7 Å². The molecule has 1 N–H and O–H groups in total. The Morgan fingerprint density at radius 1 is 1.30 bits per heavy atom. The lowest BCUT2D eigenvalue weighted by molar-refractivity contribution is -0.385. The van der Waals surface area contributed by atoms with Gasteiger partial charge in [0.1, 0.15) is 16.6 Å². The van der Waals surface area contributed by atoms with Gasteiger partial charge in [-0.25, -0.2) is 0 Å². The minimum atomic E-state index is -0.707. The van der Waals surface area contributed by atoms with Crippen LogP contribution in [0.3, 0.4) is 0 Å². The van der Waals surface area contributed by atoms with E-state index < -0.39 is 10.8 Å². The van der Waals surface area contributed by atoms with Crippen molar-refractivity contribution in [3.8, 4) is 6.07 Å². The van der Waals surface area contributed by atoms with Crippen LogP contribution in [0.2, 0.25) is 0 Å². The average molecular weight is 386 g/mol. The summed E-state index contributed by atoms with van der Waals surface area (Å²) in [5.74, 6) is -0.924. The second kappa shape index (κ2) is 8.42. The van der Waals surface area contributed by atoms with Crippen molar-refractivity contribution in [3.63, 3.8) is 0 Å². The third kappa shape index (κ3) is 3.96. The summed E-state index contributed by atoms with van der Waals surface area (Å²) in [6.07, 6.45) is 0. The van der Waals surface area contributed by atoms with Crippen molar-refractivity contribution in [2.45, 2.75) is 20.8 Å². The number of carbonyl (C=O) groups is 2. The van der Waals surface area contributed by atoms with Crippen LogP contribution in [0.15, 0.2) is 24.3 Å². The number of hydrogen-bond acceptors (Lipinski definition) is 6. The highest BCUT2D eigenvalue weighted by Gasteiger charge is 2.26. The molecule has 0 bridgehead atoms. The topological polar surface area (TPSA) is 116 Å². The van der Waals surface area contributed by atoms with E-state index >= 15 is 0 Å². The Kier molecular flexibility index (Phi) is 6.26. The molecule has 0 spiro atoms. The molecular formula is C18H18N4O4S. The first-order valence-corrected chi connectivity index (χ1v) is 9.04. The first-order chi connectivity index (χ1) is 12.8. The summed E-state index contributed by atoms with van der Waals surface area (Å²) in [4.78, 5) is 37.6. The maximum Gasteiger partial charge on any atom is 0.282 e. The van der Waals surface area contributed by atoms with E-state index in [4.69, 9.17) is 0 Å². The number of nitriles is 1. The molecule has 27 heavy (non-hydrogen) atoms. The molecule has 0 saturated carbocycles. The minimum absolute atomic E-state index is 0.117. The van der Waals surface area contributed by atoms with Gasteiger partial charge < -0.3 is 10.2 Å². The van der Waals surface area contributed by atoms with Gasteiger partial charge in [0.05, 0.1) is 15.4 Å². The molecule has 1 aromatic heterocycles. The van der Waals surface area contributed by atoms with Gasteiger partial charge in [0.25, 0.3) is 17.5 Å². The summed E-state index contributed by atoms with van der Waals surface area (Å²) in [6.45, 7) is 6.39. The van der Waals surface area contributed by atoms with Crippen LogP contribution in [0.25, 0.3) is 0 Å². The molecule has 2 rings (SSSR count). The van der Waals surface area contributed by atoms with E-state index in [1.807, 2.05) is 19.9 Å². The Morgan fingerprint density at radius 2 is 1.93 bits per heavy atom. The van der Waals surface area contributed by atoms with Crippen molar-refractivity contribution >= 4 is 33.8 Å². The Balaban J connectivity index is 2.42. The first-order valence-electron chi connectivity index (χ1n) is 8.23. The summed E-state index contributed by atoms with van der Waals surface area (Å²) in [5, 5.41) is 23.3. The summed E-state index contributed by atoms with van der Waals surface area (Å²) < 4.78 is 0. The molecule has 2 amide bonds. The maximum absolute atomic E-state index is 12.6. The lowest BCUT2D eigenvalue weighted by atomic mass is 10.1. The number of thiophene rings is 1. The average Bonchev–Trinajstić information content (AvgIpc) is 2.97.